The first-order chi connectivity index (χ1) is 7.99. The second-order valence-electron chi connectivity index (χ2n) is 3.96. The van der Waals surface area contributed by atoms with Crippen molar-refractivity contribution >= 4 is 16.0 Å². The normalized spacial score (nSPS) is 11.7. The zero-order chi connectivity index (χ0) is 12.7. The second kappa shape index (κ2) is 6.51. The first kappa shape index (κ1) is 13.9. The number of anilines is 1. The summed E-state index contributed by atoms with van der Waals surface area (Å²) in [5.41, 5.74) is 0. The van der Waals surface area contributed by atoms with Gasteiger partial charge in [0.25, 0.3) is 0 Å². The van der Waals surface area contributed by atoms with E-state index in [2.05, 4.69) is 20.0 Å². The van der Waals surface area contributed by atoms with Gasteiger partial charge < -0.3 is 5.32 Å². The third-order valence-corrected chi connectivity index (χ3v) is 3.27. The molecule has 0 amide bonds. The van der Waals surface area contributed by atoms with Crippen molar-refractivity contribution in [3.63, 3.8) is 0 Å². The van der Waals surface area contributed by atoms with Crippen molar-refractivity contribution in [2.45, 2.75) is 26.3 Å². The van der Waals surface area contributed by atoms with Crippen molar-refractivity contribution in [1.29, 1.82) is 0 Å². The number of hydrogen-bond donors (Lipinski definition) is 2. The maximum atomic E-state index is 11.6. The molecule has 0 saturated heterocycles. The van der Waals surface area contributed by atoms with Crippen LogP contribution in [0.25, 0.3) is 0 Å². The van der Waals surface area contributed by atoms with Crippen LogP contribution in [-0.4, -0.2) is 36.7 Å². The third kappa shape index (κ3) is 6.18. The molecule has 0 bridgehead atoms. The molecule has 96 valence electrons. The van der Waals surface area contributed by atoms with E-state index in [0.29, 0.717) is 19.0 Å². The topological polar surface area (TPSA) is 84.0 Å². The highest BCUT2D eigenvalue weighted by Crippen LogP contribution is 2.00. The summed E-state index contributed by atoms with van der Waals surface area (Å²) in [5.74, 6) is 0.176. The van der Waals surface area contributed by atoms with Crippen molar-refractivity contribution in [2.75, 3.05) is 17.0 Å². The third-order valence-electron chi connectivity index (χ3n) is 1.95. The van der Waals surface area contributed by atoms with Crippen molar-refractivity contribution in [1.82, 2.24) is 15.3 Å². The quantitative estimate of drug-likeness (QED) is 0.700. The van der Waals surface area contributed by atoms with Gasteiger partial charge in [-0.1, -0.05) is 13.8 Å². The number of rotatable bonds is 7. The Balaban J connectivity index is 2.37. The van der Waals surface area contributed by atoms with Crippen LogP contribution in [0.3, 0.4) is 0 Å². The van der Waals surface area contributed by atoms with Gasteiger partial charge in [-0.05, 0) is 19.0 Å². The van der Waals surface area contributed by atoms with E-state index >= 15 is 0 Å². The Morgan fingerprint density at radius 1 is 1.29 bits per heavy atom. The Morgan fingerprint density at radius 3 is 2.53 bits per heavy atom. The molecule has 2 N–H and O–H groups in total. The monoisotopic (exact) mass is 258 g/mol. The molecule has 1 aromatic heterocycles. The first-order valence-corrected chi connectivity index (χ1v) is 7.16. The fourth-order valence-corrected chi connectivity index (χ4v) is 2.20. The van der Waals surface area contributed by atoms with Crippen molar-refractivity contribution < 1.29 is 8.42 Å². The van der Waals surface area contributed by atoms with Gasteiger partial charge in [0.15, 0.2) is 0 Å². The number of sulfonamides is 1. The lowest BCUT2D eigenvalue weighted by molar-refractivity contribution is 0.570. The highest BCUT2D eigenvalue weighted by atomic mass is 32.2. The summed E-state index contributed by atoms with van der Waals surface area (Å²) >= 11 is 0. The summed E-state index contributed by atoms with van der Waals surface area (Å²) < 4.78 is 25.6. The van der Waals surface area contributed by atoms with Crippen LogP contribution in [0.4, 0.5) is 5.95 Å². The molecule has 6 nitrogen and oxygen atoms in total. The lowest BCUT2D eigenvalue weighted by Crippen LogP contribution is -2.27. The lowest BCUT2D eigenvalue weighted by atomic mass is 10.4. The average Bonchev–Trinajstić information content (AvgIpc) is 2.25. The minimum Gasteiger partial charge on any atom is -0.314 e. The molecule has 0 aliphatic rings. The van der Waals surface area contributed by atoms with Gasteiger partial charge >= 0.3 is 0 Å². The molecule has 0 aliphatic carbocycles. The molecule has 0 radical (unpaired) electrons. The zero-order valence-electron chi connectivity index (χ0n) is 10.0. The summed E-state index contributed by atoms with van der Waals surface area (Å²) in [6.45, 7) is 4.71. The SMILES string of the molecule is CC(C)NCCCS(=O)(=O)Nc1ncccn1. The van der Waals surface area contributed by atoms with Gasteiger partial charge in [0.1, 0.15) is 0 Å². The smallest absolute Gasteiger partial charge is 0.236 e. The summed E-state index contributed by atoms with van der Waals surface area (Å²) in [6, 6.07) is 1.99. The van der Waals surface area contributed by atoms with E-state index in [0.717, 1.165) is 0 Å². The van der Waals surface area contributed by atoms with E-state index in [-0.39, 0.29) is 11.7 Å². The lowest BCUT2D eigenvalue weighted by Gasteiger charge is -2.08. The molecule has 1 aromatic rings. The number of aromatic nitrogens is 2. The van der Waals surface area contributed by atoms with Crippen LogP contribution in [0.15, 0.2) is 18.5 Å². The second-order valence-corrected chi connectivity index (χ2v) is 5.80. The largest absolute Gasteiger partial charge is 0.314 e. The summed E-state index contributed by atoms with van der Waals surface area (Å²) in [4.78, 5) is 7.61. The molecule has 0 fully saturated rings. The van der Waals surface area contributed by atoms with Crippen molar-refractivity contribution in [3.8, 4) is 0 Å². The molecule has 0 spiro atoms. The van der Waals surface area contributed by atoms with Crippen LogP contribution in [0, 0.1) is 0 Å². The maximum absolute atomic E-state index is 11.6. The van der Waals surface area contributed by atoms with Crippen LogP contribution in [0.1, 0.15) is 20.3 Å². The van der Waals surface area contributed by atoms with Crippen molar-refractivity contribution in [2.24, 2.45) is 0 Å². The molecular weight excluding hydrogens is 240 g/mol. The number of nitrogens with one attached hydrogen (secondary N) is 2. The average molecular weight is 258 g/mol. The van der Waals surface area contributed by atoms with Gasteiger partial charge in [-0.3, -0.25) is 4.72 Å². The van der Waals surface area contributed by atoms with E-state index in [1.165, 1.54) is 12.4 Å². The van der Waals surface area contributed by atoms with E-state index in [9.17, 15) is 8.42 Å². The fourth-order valence-electron chi connectivity index (χ4n) is 1.19. The Morgan fingerprint density at radius 2 is 1.94 bits per heavy atom. The number of hydrogen-bond acceptors (Lipinski definition) is 5. The molecule has 0 aliphatic heterocycles. The zero-order valence-corrected chi connectivity index (χ0v) is 10.9. The molecule has 0 unspecified atom stereocenters. The molecule has 0 atom stereocenters. The Labute approximate surface area is 102 Å². The molecule has 0 saturated carbocycles. The highest BCUT2D eigenvalue weighted by molar-refractivity contribution is 7.92. The van der Waals surface area contributed by atoms with E-state index in [1.54, 1.807) is 6.07 Å². The van der Waals surface area contributed by atoms with E-state index in [1.807, 2.05) is 13.8 Å². The van der Waals surface area contributed by atoms with Crippen LogP contribution < -0.4 is 10.0 Å². The predicted molar refractivity (Wildman–Crippen MR) is 67.2 cm³/mol. The van der Waals surface area contributed by atoms with Crippen LogP contribution in [0.2, 0.25) is 0 Å². The maximum Gasteiger partial charge on any atom is 0.236 e. The first-order valence-electron chi connectivity index (χ1n) is 5.50. The number of nitrogens with zero attached hydrogens (tertiary/aromatic N) is 2. The Hall–Kier alpha value is -1.21. The van der Waals surface area contributed by atoms with Crippen LogP contribution >= 0.6 is 0 Å². The standard InChI is InChI=1S/C10H18N4O2S/c1-9(2)11-7-4-8-17(15,16)14-10-12-5-3-6-13-10/h3,5-6,9,11H,4,7-8H2,1-2H3,(H,12,13,14). The summed E-state index contributed by atoms with van der Waals surface area (Å²) in [7, 11) is -3.35. The molecule has 17 heavy (non-hydrogen) atoms. The van der Waals surface area contributed by atoms with E-state index < -0.39 is 10.0 Å². The highest BCUT2D eigenvalue weighted by Gasteiger charge is 2.11. The van der Waals surface area contributed by atoms with Gasteiger partial charge in [0, 0.05) is 18.4 Å². The molecule has 1 rings (SSSR count). The molecular formula is C10H18N4O2S. The Bertz CT molecular complexity index is 419. The summed E-state index contributed by atoms with van der Waals surface area (Å²) in [6.07, 6.45) is 3.54. The van der Waals surface area contributed by atoms with Gasteiger partial charge in [-0.15, -0.1) is 0 Å². The summed E-state index contributed by atoms with van der Waals surface area (Å²) in [5, 5.41) is 3.16. The van der Waals surface area contributed by atoms with Crippen LogP contribution in [0.5, 0.6) is 0 Å². The van der Waals surface area contributed by atoms with Crippen molar-refractivity contribution in [3.05, 3.63) is 18.5 Å². The minimum atomic E-state index is -3.35. The van der Waals surface area contributed by atoms with Gasteiger partial charge in [-0.25, -0.2) is 18.4 Å². The van der Waals surface area contributed by atoms with Crippen LogP contribution in [-0.2, 0) is 10.0 Å². The Kier molecular flexibility index (Phi) is 5.30. The molecule has 0 aromatic carbocycles. The fraction of sp³-hybridized carbons (Fsp3) is 0.600. The van der Waals surface area contributed by atoms with Gasteiger partial charge in [0.05, 0.1) is 5.75 Å². The molecule has 7 heteroatoms. The predicted octanol–water partition coefficient (Wildman–Crippen LogP) is 0.606. The van der Waals surface area contributed by atoms with Gasteiger partial charge in [0.2, 0.25) is 16.0 Å². The van der Waals surface area contributed by atoms with E-state index in [4.69, 9.17) is 0 Å². The molecule has 1 heterocycles. The minimum absolute atomic E-state index is 0.0605. The van der Waals surface area contributed by atoms with Gasteiger partial charge in [-0.2, -0.15) is 0 Å².